The third-order valence-corrected chi connectivity index (χ3v) is 3.83. The van der Waals surface area contributed by atoms with Crippen LogP contribution in [0, 0.1) is 0 Å². The van der Waals surface area contributed by atoms with Crippen molar-refractivity contribution in [2.45, 2.75) is 23.4 Å². The lowest BCUT2D eigenvalue weighted by atomic mass is 10.3. The molecule has 0 radical (unpaired) electrons. The maximum absolute atomic E-state index is 12.4. The zero-order chi connectivity index (χ0) is 17.6. The summed E-state index contributed by atoms with van der Waals surface area (Å²) in [7, 11) is 1.63. The molecule has 0 aliphatic heterocycles. The Morgan fingerprint density at radius 1 is 1.38 bits per heavy atom. The molecule has 1 N–H and O–H groups in total. The molecule has 24 heavy (non-hydrogen) atoms. The van der Waals surface area contributed by atoms with Crippen LogP contribution in [0.25, 0.3) is 0 Å². The van der Waals surface area contributed by atoms with Crippen molar-refractivity contribution >= 4 is 23.5 Å². The summed E-state index contributed by atoms with van der Waals surface area (Å²) in [6.45, 7) is 1.19. The molecule has 0 saturated carbocycles. The van der Waals surface area contributed by atoms with E-state index in [4.69, 9.17) is 0 Å². The Hall–Kier alpha value is -2.16. The Labute approximate surface area is 141 Å². The lowest BCUT2D eigenvalue weighted by Gasteiger charge is -2.18. The number of hydrogen-bond donors (Lipinski definition) is 1. The molecule has 0 aliphatic carbocycles. The minimum Gasteiger partial charge on any atom is -0.328 e. The van der Waals surface area contributed by atoms with Crippen molar-refractivity contribution < 1.29 is 18.0 Å². The number of nitrogens with zero attached hydrogens (tertiary/aromatic N) is 3. The van der Waals surface area contributed by atoms with E-state index in [0.717, 1.165) is 6.42 Å². The Kier molecular flexibility index (Phi) is 6.13. The number of anilines is 1. The van der Waals surface area contributed by atoms with Crippen LogP contribution in [0.3, 0.4) is 0 Å². The standard InChI is InChI=1S/C15H17F3N4OS/c1-21(8-4-10-22-9-3-7-19-22)14(23)20-12-5-2-6-13(11-12)24-15(16,17)18/h2-3,5-7,9,11H,4,8,10H2,1H3,(H,20,23). The van der Waals surface area contributed by atoms with Gasteiger partial charge in [0, 0.05) is 43.1 Å². The zero-order valence-electron chi connectivity index (χ0n) is 13.0. The van der Waals surface area contributed by atoms with Gasteiger partial charge in [-0.1, -0.05) is 6.07 Å². The summed E-state index contributed by atoms with van der Waals surface area (Å²) in [6, 6.07) is 7.12. The van der Waals surface area contributed by atoms with Crippen molar-refractivity contribution in [3.8, 4) is 0 Å². The molecule has 5 nitrogen and oxygen atoms in total. The number of urea groups is 1. The van der Waals surface area contributed by atoms with Gasteiger partial charge in [0.1, 0.15) is 0 Å². The summed E-state index contributed by atoms with van der Waals surface area (Å²) in [5.41, 5.74) is -4.03. The van der Waals surface area contributed by atoms with Crippen LogP contribution in [0.2, 0.25) is 0 Å². The Balaban J connectivity index is 1.83. The molecule has 2 amide bonds. The van der Waals surface area contributed by atoms with E-state index in [0.29, 0.717) is 18.8 Å². The summed E-state index contributed by atoms with van der Waals surface area (Å²) in [5.74, 6) is 0. The molecule has 0 spiro atoms. The maximum Gasteiger partial charge on any atom is 0.446 e. The monoisotopic (exact) mass is 358 g/mol. The van der Waals surface area contributed by atoms with Gasteiger partial charge in [-0.25, -0.2) is 4.79 Å². The second kappa shape index (κ2) is 8.09. The van der Waals surface area contributed by atoms with Gasteiger partial charge in [-0.15, -0.1) is 0 Å². The Morgan fingerprint density at radius 3 is 2.83 bits per heavy atom. The predicted octanol–water partition coefficient (Wildman–Crippen LogP) is 4.05. The molecule has 0 bridgehead atoms. The number of halogens is 3. The Bertz CT molecular complexity index is 661. The number of nitrogens with one attached hydrogen (secondary N) is 1. The van der Waals surface area contributed by atoms with Gasteiger partial charge in [-0.3, -0.25) is 4.68 Å². The van der Waals surface area contributed by atoms with Crippen molar-refractivity contribution in [3.63, 3.8) is 0 Å². The van der Waals surface area contributed by atoms with Crippen LogP contribution in [0.4, 0.5) is 23.7 Å². The zero-order valence-corrected chi connectivity index (χ0v) is 13.8. The Morgan fingerprint density at radius 2 is 2.17 bits per heavy atom. The molecule has 0 aliphatic rings. The van der Waals surface area contributed by atoms with Gasteiger partial charge in [-0.2, -0.15) is 18.3 Å². The number of carbonyl (C=O) groups excluding carboxylic acids is 1. The number of hydrogen-bond acceptors (Lipinski definition) is 3. The number of amides is 2. The number of benzene rings is 1. The van der Waals surface area contributed by atoms with E-state index in [2.05, 4.69) is 10.4 Å². The number of rotatable bonds is 6. The number of thioether (sulfide) groups is 1. The van der Waals surface area contributed by atoms with Crippen LogP contribution in [0.1, 0.15) is 6.42 Å². The van der Waals surface area contributed by atoms with Gasteiger partial charge >= 0.3 is 11.5 Å². The average molecular weight is 358 g/mol. The van der Waals surface area contributed by atoms with Gasteiger partial charge in [-0.05, 0) is 42.4 Å². The van der Waals surface area contributed by atoms with Crippen LogP contribution in [0.15, 0.2) is 47.6 Å². The highest BCUT2D eigenvalue weighted by Crippen LogP contribution is 2.37. The topological polar surface area (TPSA) is 50.2 Å². The van der Waals surface area contributed by atoms with E-state index in [-0.39, 0.29) is 22.7 Å². The third kappa shape index (κ3) is 6.15. The van der Waals surface area contributed by atoms with Crippen molar-refractivity contribution in [1.29, 1.82) is 0 Å². The highest BCUT2D eigenvalue weighted by molar-refractivity contribution is 8.00. The van der Waals surface area contributed by atoms with Gasteiger partial charge in [0.25, 0.3) is 0 Å². The maximum atomic E-state index is 12.4. The van der Waals surface area contributed by atoms with Crippen LogP contribution >= 0.6 is 11.8 Å². The molecule has 1 aromatic carbocycles. The summed E-state index contributed by atoms with van der Waals surface area (Å²) < 4.78 is 38.9. The second-order valence-electron chi connectivity index (χ2n) is 5.05. The van der Waals surface area contributed by atoms with E-state index in [9.17, 15) is 18.0 Å². The summed E-state index contributed by atoms with van der Waals surface area (Å²) in [4.78, 5) is 13.6. The number of aromatic nitrogens is 2. The average Bonchev–Trinajstić information content (AvgIpc) is 2.99. The van der Waals surface area contributed by atoms with E-state index < -0.39 is 5.51 Å². The highest BCUT2D eigenvalue weighted by Gasteiger charge is 2.29. The summed E-state index contributed by atoms with van der Waals surface area (Å²) in [5, 5.41) is 6.66. The third-order valence-electron chi connectivity index (χ3n) is 3.11. The van der Waals surface area contributed by atoms with Gasteiger partial charge in [0.15, 0.2) is 0 Å². The molecule has 1 heterocycles. The van der Waals surface area contributed by atoms with E-state index >= 15 is 0 Å². The normalized spacial score (nSPS) is 11.3. The minimum absolute atomic E-state index is 0.0293. The van der Waals surface area contributed by atoms with Gasteiger partial charge < -0.3 is 10.2 Å². The van der Waals surface area contributed by atoms with Crippen LogP contribution in [-0.4, -0.2) is 39.8 Å². The summed E-state index contributed by atoms with van der Waals surface area (Å²) >= 11 is -0.212. The van der Waals surface area contributed by atoms with Crippen LogP contribution in [-0.2, 0) is 6.54 Å². The molecule has 0 fully saturated rings. The molecular weight excluding hydrogens is 341 g/mol. The van der Waals surface area contributed by atoms with Crippen molar-refractivity contribution in [1.82, 2.24) is 14.7 Å². The first kappa shape index (κ1) is 18.2. The molecule has 1 aromatic heterocycles. The van der Waals surface area contributed by atoms with Gasteiger partial charge in [0.05, 0.1) is 0 Å². The smallest absolute Gasteiger partial charge is 0.328 e. The lowest BCUT2D eigenvalue weighted by Crippen LogP contribution is -2.32. The molecule has 2 aromatic rings. The van der Waals surface area contributed by atoms with Crippen LogP contribution in [0.5, 0.6) is 0 Å². The number of carbonyl (C=O) groups is 1. The second-order valence-corrected chi connectivity index (χ2v) is 6.19. The fourth-order valence-corrected chi connectivity index (χ4v) is 2.59. The van der Waals surface area contributed by atoms with E-state index in [1.54, 1.807) is 24.0 Å². The molecule has 9 heteroatoms. The quantitative estimate of drug-likeness (QED) is 0.793. The van der Waals surface area contributed by atoms with Crippen molar-refractivity contribution in [3.05, 3.63) is 42.7 Å². The van der Waals surface area contributed by atoms with Gasteiger partial charge in [0.2, 0.25) is 0 Å². The first-order chi connectivity index (χ1) is 11.3. The molecule has 2 rings (SSSR count). The van der Waals surface area contributed by atoms with E-state index in [1.165, 1.54) is 23.1 Å². The molecular formula is C15H17F3N4OS. The first-order valence-electron chi connectivity index (χ1n) is 7.19. The molecule has 0 unspecified atom stereocenters. The highest BCUT2D eigenvalue weighted by atomic mass is 32.2. The molecule has 130 valence electrons. The van der Waals surface area contributed by atoms with Crippen LogP contribution < -0.4 is 5.32 Å². The van der Waals surface area contributed by atoms with Crippen molar-refractivity contribution in [2.24, 2.45) is 0 Å². The largest absolute Gasteiger partial charge is 0.446 e. The fourth-order valence-electron chi connectivity index (χ4n) is 1.99. The van der Waals surface area contributed by atoms with E-state index in [1.807, 2.05) is 12.3 Å². The number of alkyl halides is 3. The number of aryl methyl sites for hydroxylation is 1. The summed E-state index contributed by atoms with van der Waals surface area (Å²) in [6.07, 6.45) is 4.24. The van der Waals surface area contributed by atoms with Crippen molar-refractivity contribution in [2.75, 3.05) is 18.9 Å². The minimum atomic E-state index is -4.36. The molecule has 0 atom stereocenters. The first-order valence-corrected chi connectivity index (χ1v) is 8.00. The predicted molar refractivity (Wildman–Crippen MR) is 86.8 cm³/mol. The lowest BCUT2D eigenvalue weighted by molar-refractivity contribution is -0.0328. The SMILES string of the molecule is CN(CCCn1cccn1)C(=O)Nc1cccc(SC(F)(F)F)c1. The fraction of sp³-hybridized carbons (Fsp3) is 0.333. The molecule has 0 saturated heterocycles.